The molecule has 0 saturated heterocycles. The van der Waals surface area contributed by atoms with Crippen LogP contribution in [0.15, 0.2) is 29.3 Å². The summed E-state index contributed by atoms with van der Waals surface area (Å²) in [4.78, 5) is 9.87. The molecule has 0 aliphatic heterocycles. The molecule has 138 valence electrons. The second-order valence-corrected chi connectivity index (χ2v) is 7.67. The van der Waals surface area contributed by atoms with E-state index < -0.39 is 0 Å². The Labute approximate surface area is 170 Å². The van der Waals surface area contributed by atoms with Crippen molar-refractivity contribution in [2.24, 2.45) is 4.99 Å². The number of nitrogens with one attached hydrogen (secondary N) is 2. The fraction of sp³-hybridized carbons (Fsp3) is 0.444. The Hall–Kier alpha value is -1.22. The van der Waals surface area contributed by atoms with Crippen LogP contribution < -0.4 is 10.6 Å². The van der Waals surface area contributed by atoms with Crippen LogP contribution >= 0.6 is 35.3 Å². The Balaban J connectivity index is 0.00000312. The Morgan fingerprint density at radius 2 is 1.92 bits per heavy atom. The van der Waals surface area contributed by atoms with Gasteiger partial charge in [0.2, 0.25) is 0 Å². The van der Waals surface area contributed by atoms with Crippen molar-refractivity contribution in [1.82, 2.24) is 15.6 Å². The molecule has 0 atom stereocenters. The zero-order valence-corrected chi connectivity index (χ0v) is 18.5. The van der Waals surface area contributed by atoms with Crippen molar-refractivity contribution in [2.45, 2.75) is 39.7 Å². The van der Waals surface area contributed by atoms with Crippen LogP contribution in [0.1, 0.15) is 35.0 Å². The molecule has 2 aromatic rings. The first-order chi connectivity index (χ1) is 11.3. The zero-order chi connectivity index (χ0) is 17.7. The predicted molar refractivity (Wildman–Crippen MR) is 115 cm³/mol. The van der Waals surface area contributed by atoms with Gasteiger partial charge in [-0.25, -0.2) is 9.37 Å². The molecule has 7 heteroatoms. The van der Waals surface area contributed by atoms with E-state index in [0.717, 1.165) is 10.7 Å². The molecule has 1 heterocycles. The number of thiazole rings is 1. The van der Waals surface area contributed by atoms with Crippen LogP contribution in [0.2, 0.25) is 0 Å². The molecule has 2 rings (SSSR count). The monoisotopic (exact) mass is 476 g/mol. The van der Waals surface area contributed by atoms with E-state index in [2.05, 4.69) is 20.6 Å². The van der Waals surface area contributed by atoms with Crippen LogP contribution in [0, 0.1) is 19.7 Å². The average molecular weight is 476 g/mol. The molecule has 0 radical (unpaired) electrons. The van der Waals surface area contributed by atoms with Crippen LogP contribution in [-0.2, 0) is 12.0 Å². The number of aryl methyl sites for hydroxylation is 2. The van der Waals surface area contributed by atoms with E-state index in [4.69, 9.17) is 0 Å². The van der Waals surface area contributed by atoms with Gasteiger partial charge in [0.05, 0.1) is 17.2 Å². The van der Waals surface area contributed by atoms with E-state index in [0.29, 0.717) is 24.6 Å². The standard InChI is InChI=1S/C18H25FN4S.HI/c1-12-16(24-13(2)23-12)10-21-17(20-5)22-11-18(3,4)14-8-6-7-9-15(14)19;/h6-9H,10-11H2,1-5H3,(H2,20,21,22);1H. The minimum absolute atomic E-state index is 0. The van der Waals surface area contributed by atoms with Gasteiger partial charge in [-0.1, -0.05) is 32.0 Å². The molecule has 0 bridgehead atoms. The van der Waals surface area contributed by atoms with Crippen LogP contribution in [-0.4, -0.2) is 24.5 Å². The van der Waals surface area contributed by atoms with Gasteiger partial charge in [0.25, 0.3) is 0 Å². The molecule has 0 saturated carbocycles. The lowest BCUT2D eigenvalue weighted by molar-refractivity contribution is 0.473. The molecule has 1 aromatic carbocycles. The molecule has 0 aliphatic carbocycles. The summed E-state index contributed by atoms with van der Waals surface area (Å²) < 4.78 is 14.0. The first kappa shape index (κ1) is 21.8. The maximum absolute atomic E-state index is 14.0. The lowest BCUT2D eigenvalue weighted by Gasteiger charge is -2.27. The molecular formula is C18H26FIN4S. The van der Waals surface area contributed by atoms with Gasteiger partial charge >= 0.3 is 0 Å². The third kappa shape index (κ3) is 5.91. The third-order valence-electron chi connectivity index (χ3n) is 3.94. The second-order valence-electron chi connectivity index (χ2n) is 6.38. The number of guanidine groups is 1. The smallest absolute Gasteiger partial charge is 0.191 e. The van der Waals surface area contributed by atoms with Gasteiger partial charge in [0.15, 0.2) is 5.96 Å². The quantitative estimate of drug-likeness (QED) is 0.387. The zero-order valence-electron chi connectivity index (χ0n) is 15.3. The highest BCUT2D eigenvalue weighted by Crippen LogP contribution is 2.24. The number of benzene rings is 1. The van der Waals surface area contributed by atoms with Crippen molar-refractivity contribution >= 4 is 41.3 Å². The van der Waals surface area contributed by atoms with Gasteiger partial charge in [-0.3, -0.25) is 4.99 Å². The summed E-state index contributed by atoms with van der Waals surface area (Å²) >= 11 is 1.68. The largest absolute Gasteiger partial charge is 0.356 e. The maximum Gasteiger partial charge on any atom is 0.191 e. The van der Waals surface area contributed by atoms with E-state index in [1.165, 1.54) is 10.9 Å². The lowest BCUT2D eigenvalue weighted by Crippen LogP contribution is -2.43. The highest BCUT2D eigenvalue weighted by atomic mass is 127. The maximum atomic E-state index is 14.0. The van der Waals surface area contributed by atoms with Crippen LogP contribution in [0.5, 0.6) is 0 Å². The molecule has 0 amide bonds. The minimum Gasteiger partial charge on any atom is -0.356 e. The Morgan fingerprint density at radius 1 is 1.24 bits per heavy atom. The van der Waals surface area contributed by atoms with E-state index in [1.54, 1.807) is 24.5 Å². The molecule has 0 aliphatic rings. The van der Waals surface area contributed by atoms with Gasteiger partial charge in [-0.2, -0.15) is 0 Å². The van der Waals surface area contributed by atoms with Gasteiger partial charge in [0, 0.05) is 23.9 Å². The molecule has 4 nitrogen and oxygen atoms in total. The SMILES string of the molecule is CN=C(NCc1sc(C)nc1C)NCC(C)(C)c1ccccc1F.I. The molecule has 0 unspecified atom stereocenters. The summed E-state index contributed by atoms with van der Waals surface area (Å²) in [5.41, 5.74) is 1.40. The molecular weight excluding hydrogens is 450 g/mol. The number of rotatable bonds is 5. The molecule has 2 N–H and O–H groups in total. The van der Waals surface area contributed by atoms with E-state index >= 15 is 0 Å². The number of hydrogen-bond acceptors (Lipinski definition) is 3. The van der Waals surface area contributed by atoms with Gasteiger partial charge < -0.3 is 10.6 Å². The third-order valence-corrected chi connectivity index (χ3v) is 5.01. The fourth-order valence-electron chi connectivity index (χ4n) is 2.53. The number of halogens is 2. The van der Waals surface area contributed by atoms with Gasteiger partial charge in [-0.05, 0) is 25.5 Å². The molecule has 1 aromatic heterocycles. The van der Waals surface area contributed by atoms with E-state index in [-0.39, 0.29) is 35.2 Å². The van der Waals surface area contributed by atoms with Crippen molar-refractivity contribution in [3.05, 3.63) is 51.2 Å². The topological polar surface area (TPSA) is 49.3 Å². The summed E-state index contributed by atoms with van der Waals surface area (Å²) in [5.74, 6) is 0.521. The predicted octanol–water partition coefficient (Wildman–Crippen LogP) is 4.16. The fourth-order valence-corrected chi connectivity index (χ4v) is 3.41. The number of aliphatic imine (C=N–C) groups is 1. The van der Waals surface area contributed by atoms with E-state index in [9.17, 15) is 4.39 Å². The molecule has 25 heavy (non-hydrogen) atoms. The second kappa shape index (κ2) is 9.47. The summed E-state index contributed by atoms with van der Waals surface area (Å²) in [6.45, 7) is 9.30. The highest BCUT2D eigenvalue weighted by Gasteiger charge is 2.24. The molecule has 0 fully saturated rings. The van der Waals surface area contributed by atoms with E-state index in [1.807, 2.05) is 39.8 Å². The first-order valence-corrected chi connectivity index (χ1v) is 8.77. The van der Waals surface area contributed by atoms with Crippen molar-refractivity contribution < 1.29 is 4.39 Å². The summed E-state index contributed by atoms with van der Waals surface area (Å²) in [5, 5.41) is 7.65. The van der Waals surface area contributed by atoms with Gasteiger partial charge in [0.1, 0.15) is 5.82 Å². The average Bonchev–Trinajstić information content (AvgIpc) is 2.85. The Kier molecular flexibility index (Phi) is 8.27. The van der Waals surface area contributed by atoms with Crippen molar-refractivity contribution in [2.75, 3.05) is 13.6 Å². The van der Waals surface area contributed by atoms with Crippen molar-refractivity contribution in [1.29, 1.82) is 0 Å². The van der Waals surface area contributed by atoms with Gasteiger partial charge in [-0.15, -0.1) is 35.3 Å². The minimum atomic E-state index is -0.347. The van der Waals surface area contributed by atoms with Crippen LogP contribution in [0.25, 0.3) is 0 Å². The Morgan fingerprint density at radius 3 is 2.48 bits per heavy atom. The Bertz CT molecular complexity index is 728. The summed E-state index contributed by atoms with van der Waals surface area (Å²) in [6, 6.07) is 6.90. The van der Waals surface area contributed by atoms with Crippen LogP contribution in [0.4, 0.5) is 4.39 Å². The van der Waals surface area contributed by atoms with Crippen molar-refractivity contribution in [3.8, 4) is 0 Å². The summed E-state index contributed by atoms with van der Waals surface area (Å²) in [6.07, 6.45) is 0. The molecule has 0 spiro atoms. The normalized spacial score (nSPS) is 11.8. The summed E-state index contributed by atoms with van der Waals surface area (Å²) in [7, 11) is 1.73. The van der Waals surface area contributed by atoms with Crippen molar-refractivity contribution in [3.63, 3.8) is 0 Å². The van der Waals surface area contributed by atoms with Crippen LogP contribution in [0.3, 0.4) is 0 Å². The highest BCUT2D eigenvalue weighted by molar-refractivity contribution is 14.0. The number of hydrogen-bond donors (Lipinski definition) is 2. The number of aromatic nitrogens is 1. The first-order valence-electron chi connectivity index (χ1n) is 7.96. The lowest BCUT2D eigenvalue weighted by atomic mass is 9.84. The number of nitrogens with zero attached hydrogens (tertiary/aromatic N) is 2.